The average Bonchev–Trinajstić information content (AvgIpc) is 2.56. The highest BCUT2D eigenvalue weighted by atomic mass is 32.2. The number of nitrogens with one attached hydrogen (secondary N) is 1. The standard InChI is InChI=1S/C10H20N2OS/c1-9-2-3-11-10(9)8-12-4-6-14(13)7-5-12/h9-11H,2-8H2,1H3. The highest BCUT2D eigenvalue weighted by Gasteiger charge is 2.26. The molecule has 0 radical (unpaired) electrons. The predicted molar refractivity (Wildman–Crippen MR) is 59.9 cm³/mol. The van der Waals surface area contributed by atoms with Gasteiger partial charge in [0.1, 0.15) is 0 Å². The van der Waals surface area contributed by atoms with E-state index in [4.69, 9.17) is 0 Å². The molecule has 0 aromatic heterocycles. The van der Waals surface area contributed by atoms with Crippen molar-refractivity contribution in [2.45, 2.75) is 19.4 Å². The summed E-state index contributed by atoms with van der Waals surface area (Å²) in [6, 6.07) is 0.668. The van der Waals surface area contributed by atoms with E-state index >= 15 is 0 Å². The van der Waals surface area contributed by atoms with Crippen molar-refractivity contribution in [2.75, 3.05) is 37.7 Å². The van der Waals surface area contributed by atoms with Gasteiger partial charge in [0.15, 0.2) is 0 Å². The van der Waals surface area contributed by atoms with Crippen molar-refractivity contribution in [3.63, 3.8) is 0 Å². The molecule has 1 N–H and O–H groups in total. The maximum atomic E-state index is 11.2. The number of hydrogen-bond acceptors (Lipinski definition) is 3. The zero-order valence-electron chi connectivity index (χ0n) is 8.87. The zero-order chi connectivity index (χ0) is 9.97. The fourth-order valence-corrected chi connectivity index (χ4v) is 3.41. The summed E-state index contributed by atoms with van der Waals surface area (Å²) in [5.41, 5.74) is 0. The van der Waals surface area contributed by atoms with Crippen LogP contribution in [0.4, 0.5) is 0 Å². The maximum Gasteiger partial charge on any atom is 0.0363 e. The van der Waals surface area contributed by atoms with Crippen molar-refractivity contribution in [3.05, 3.63) is 0 Å². The highest BCUT2D eigenvalue weighted by Crippen LogP contribution is 2.16. The van der Waals surface area contributed by atoms with Crippen LogP contribution in [0.2, 0.25) is 0 Å². The Morgan fingerprint density at radius 2 is 2.14 bits per heavy atom. The summed E-state index contributed by atoms with van der Waals surface area (Å²) in [4.78, 5) is 2.46. The Kier molecular flexibility index (Phi) is 3.57. The first-order chi connectivity index (χ1) is 6.75. The van der Waals surface area contributed by atoms with E-state index in [2.05, 4.69) is 17.1 Å². The number of rotatable bonds is 2. The van der Waals surface area contributed by atoms with Crippen LogP contribution in [0.25, 0.3) is 0 Å². The molecule has 0 aromatic carbocycles. The molecule has 14 heavy (non-hydrogen) atoms. The van der Waals surface area contributed by atoms with Crippen LogP contribution in [-0.4, -0.2) is 52.8 Å². The minimum absolute atomic E-state index is 0.535. The summed E-state index contributed by atoms with van der Waals surface area (Å²) in [7, 11) is -0.535. The zero-order valence-corrected chi connectivity index (χ0v) is 9.68. The van der Waals surface area contributed by atoms with E-state index in [9.17, 15) is 4.21 Å². The lowest BCUT2D eigenvalue weighted by Crippen LogP contribution is -2.45. The summed E-state index contributed by atoms with van der Waals surface area (Å²) < 4.78 is 11.2. The van der Waals surface area contributed by atoms with Crippen LogP contribution in [0.15, 0.2) is 0 Å². The Bertz CT molecular complexity index is 212. The van der Waals surface area contributed by atoms with Crippen LogP contribution in [0.5, 0.6) is 0 Å². The van der Waals surface area contributed by atoms with Gasteiger partial charge in [0, 0.05) is 48.0 Å². The first kappa shape index (κ1) is 10.6. The Morgan fingerprint density at radius 3 is 2.71 bits per heavy atom. The minimum Gasteiger partial charge on any atom is -0.312 e. The summed E-state index contributed by atoms with van der Waals surface area (Å²) in [6.07, 6.45) is 1.31. The summed E-state index contributed by atoms with van der Waals surface area (Å²) in [5.74, 6) is 2.56. The lowest BCUT2D eigenvalue weighted by molar-refractivity contribution is 0.252. The SMILES string of the molecule is CC1CCNC1CN1CCS(=O)CC1. The van der Waals surface area contributed by atoms with Gasteiger partial charge in [0.05, 0.1) is 0 Å². The summed E-state index contributed by atoms with van der Waals surface area (Å²) in [6.45, 7) is 6.70. The fraction of sp³-hybridized carbons (Fsp3) is 1.00. The van der Waals surface area contributed by atoms with Gasteiger partial charge in [-0.2, -0.15) is 0 Å². The van der Waals surface area contributed by atoms with Crippen molar-refractivity contribution in [1.82, 2.24) is 10.2 Å². The Hall–Kier alpha value is 0.0700. The quantitative estimate of drug-likeness (QED) is 0.708. The normalized spacial score (nSPS) is 36.4. The monoisotopic (exact) mass is 216 g/mol. The van der Waals surface area contributed by atoms with Crippen LogP contribution in [0.3, 0.4) is 0 Å². The third kappa shape index (κ3) is 2.55. The molecule has 2 atom stereocenters. The van der Waals surface area contributed by atoms with Gasteiger partial charge in [0.25, 0.3) is 0 Å². The number of hydrogen-bond donors (Lipinski definition) is 1. The van der Waals surface area contributed by atoms with Gasteiger partial charge in [-0.05, 0) is 18.9 Å². The van der Waals surface area contributed by atoms with Gasteiger partial charge in [-0.25, -0.2) is 0 Å². The van der Waals surface area contributed by atoms with Crippen LogP contribution in [-0.2, 0) is 10.8 Å². The molecule has 0 spiro atoms. The minimum atomic E-state index is -0.535. The molecule has 2 unspecified atom stereocenters. The lowest BCUT2D eigenvalue weighted by atomic mass is 10.0. The molecule has 0 aromatic rings. The summed E-state index contributed by atoms with van der Waals surface area (Å²) >= 11 is 0. The lowest BCUT2D eigenvalue weighted by Gasteiger charge is -2.30. The van der Waals surface area contributed by atoms with Crippen LogP contribution in [0.1, 0.15) is 13.3 Å². The second-order valence-electron chi connectivity index (χ2n) is 4.48. The van der Waals surface area contributed by atoms with Gasteiger partial charge >= 0.3 is 0 Å². The molecule has 2 aliphatic rings. The topological polar surface area (TPSA) is 32.3 Å². The molecule has 2 saturated heterocycles. The molecular formula is C10H20N2OS. The second-order valence-corrected chi connectivity index (χ2v) is 6.17. The first-order valence-corrected chi connectivity index (χ1v) is 7.05. The van der Waals surface area contributed by atoms with Crippen molar-refractivity contribution in [1.29, 1.82) is 0 Å². The smallest absolute Gasteiger partial charge is 0.0363 e. The third-order valence-electron chi connectivity index (χ3n) is 3.42. The third-order valence-corrected chi connectivity index (χ3v) is 4.69. The second kappa shape index (κ2) is 4.73. The molecule has 0 saturated carbocycles. The van der Waals surface area contributed by atoms with Crippen molar-refractivity contribution in [3.8, 4) is 0 Å². The molecule has 2 aliphatic heterocycles. The van der Waals surface area contributed by atoms with Gasteiger partial charge in [-0.1, -0.05) is 6.92 Å². The van der Waals surface area contributed by atoms with Crippen molar-refractivity contribution >= 4 is 10.8 Å². The Labute approximate surface area is 88.7 Å². The molecule has 82 valence electrons. The van der Waals surface area contributed by atoms with Crippen molar-refractivity contribution in [2.24, 2.45) is 5.92 Å². The fourth-order valence-electron chi connectivity index (χ4n) is 2.28. The van der Waals surface area contributed by atoms with E-state index in [-0.39, 0.29) is 0 Å². The number of nitrogens with zero attached hydrogens (tertiary/aromatic N) is 1. The molecule has 4 heteroatoms. The van der Waals surface area contributed by atoms with Gasteiger partial charge in [0.2, 0.25) is 0 Å². The van der Waals surface area contributed by atoms with E-state index in [0.29, 0.717) is 6.04 Å². The predicted octanol–water partition coefficient (Wildman–Crippen LogP) is 0.0487. The maximum absolute atomic E-state index is 11.2. The summed E-state index contributed by atoms with van der Waals surface area (Å²) in [5, 5.41) is 3.55. The molecule has 2 fully saturated rings. The van der Waals surface area contributed by atoms with Crippen molar-refractivity contribution < 1.29 is 4.21 Å². The van der Waals surface area contributed by atoms with Gasteiger partial charge in [-0.3, -0.25) is 9.11 Å². The molecular weight excluding hydrogens is 196 g/mol. The van der Waals surface area contributed by atoms with Crippen LogP contribution < -0.4 is 5.32 Å². The highest BCUT2D eigenvalue weighted by molar-refractivity contribution is 7.85. The van der Waals surface area contributed by atoms with Crippen LogP contribution in [0, 0.1) is 5.92 Å². The Morgan fingerprint density at radius 1 is 1.43 bits per heavy atom. The van der Waals surface area contributed by atoms with Gasteiger partial charge < -0.3 is 5.32 Å². The van der Waals surface area contributed by atoms with Gasteiger partial charge in [-0.15, -0.1) is 0 Å². The van der Waals surface area contributed by atoms with E-state index < -0.39 is 10.8 Å². The van der Waals surface area contributed by atoms with Crippen LogP contribution >= 0.6 is 0 Å². The Balaban J connectivity index is 1.77. The van der Waals surface area contributed by atoms with E-state index in [1.807, 2.05) is 0 Å². The van der Waals surface area contributed by atoms with E-state index in [1.54, 1.807) is 0 Å². The average molecular weight is 216 g/mol. The van der Waals surface area contributed by atoms with E-state index in [0.717, 1.165) is 37.1 Å². The largest absolute Gasteiger partial charge is 0.312 e. The van der Waals surface area contributed by atoms with E-state index in [1.165, 1.54) is 13.0 Å². The molecule has 2 rings (SSSR count). The molecule has 0 aliphatic carbocycles. The first-order valence-electron chi connectivity index (χ1n) is 5.56. The molecule has 3 nitrogen and oxygen atoms in total. The molecule has 2 heterocycles. The molecule has 0 bridgehead atoms. The molecule has 0 amide bonds.